The number of hydrogen-bond acceptors (Lipinski definition) is 4. The highest BCUT2D eigenvalue weighted by Gasteiger charge is 2.34. The minimum atomic E-state index is -3.65. The monoisotopic (exact) mass is 316 g/mol. The molecule has 1 aromatic carbocycles. The van der Waals surface area contributed by atoms with Gasteiger partial charge in [-0.2, -0.15) is 4.31 Å². The first-order valence-corrected chi connectivity index (χ1v) is 8.35. The average Bonchev–Trinajstić information content (AvgIpc) is 2.47. The van der Waals surface area contributed by atoms with E-state index in [0.29, 0.717) is 19.0 Å². The first kappa shape index (κ1) is 16.4. The highest BCUT2D eigenvalue weighted by Crippen LogP contribution is 2.26. The molecule has 0 bridgehead atoms. The van der Waals surface area contributed by atoms with Gasteiger partial charge in [0.15, 0.2) is 0 Å². The van der Waals surface area contributed by atoms with Crippen LogP contribution in [0.2, 0.25) is 0 Å². The van der Waals surface area contributed by atoms with Gasteiger partial charge in [0.05, 0.1) is 11.0 Å². The minimum Gasteiger partial charge on any atom is -0.380 e. The maximum absolute atomic E-state index is 13.5. The fraction of sp³-hybridized carbons (Fsp3) is 0.571. The predicted octanol–water partition coefficient (Wildman–Crippen LogP) is 1.33. The van der Waals surface area contributed by atoms with Crippen molar-refractivity contribution in [3.05, 3.63) is 29.6 Å². The van der Waals surface area contributed by atoms with Crippen molar-refractivity contribution in [2.24, 2.45) is 11.7 Å². The van der Waals surface area contributed by atoms with Crippen LogP contribution >= 0.6 is 0 Å². The molecule has 1 heterocycles. The van der Waals surface area contributed by atoms with Crippen LogP contribution in [0.3, 0.4) is 0 Å². The van der Waals surface area contributed by atoms with E-state index in [-0.39, 0.29) is 23.1 Å². The van der Waals surface area contributed by atoms with E-state index >= 15 is 0 Å². The number of sulfonamides is 1. The number of methoxy groups -OCH3 is 1. The first-order valence-electron chi connectivity index (χ1n) is 6.91. The lowest BCUT2D eigenvalue weighted by molar-refractivity contribution is 0.0184. The van der Waals surface area contributed by atoms with Crippen LogP contribution in [0.1, 0.15) is 18.9 Å². The third kappa shape index (κ3) is 3.26. The fourth-order valence-corrected chi connectivity index (χ4v) is 4.07. The summed E-state index contributed by atoms with van der Waals surface area (Å²) in [7, 11) is -2.06. The standard InChI is InChI=1S/C14H21FN2O3S/c1-10-5-6-17(9-14(10)20-2)21(18,19)12-3-4-13(15)11(7-12)8-16/h3-4,7,10,14H,5-6,8-9,16H2,1-2H3. The van der Waals surface area contributed by atoms with Crippen LogP contribution in [0.4, 0.5) is 4.39 Å². The number of rotatable bonds is 4. The summed E-state index contributed by atoms with van der Waals surface area (Å²) in [6.45, 7) is 2.77. The Labute approximate surface area is 124 Å². The molecule has 0 radical (unpaired) electrons. The SMILES string of the molecule is COC1CN(S(=O)(=O)c2ccc(F)c(CN)c2)CCC1C. The van der Waals surface area contributed by atoms with Gasteiger partial charge in [0.2, 0.25) is 10.0 Å². The molecular formula is C14H21FN2O3S. The van der Waals surface area contributed by atoms with Crippen LogP contribution < -0.4 is 5.73 Å². The zero-order valence-electron chi connectivity index (χ0n) is 12.3. The summed E-state index contributed by atoms with van der Waals surface area (Å²) < 4.78 is 45.5. The molecule has 0 aromatic heterocycles. The quantitative estimate of drug-likeness (QED) is 0.909. The van der Waals surface area contributed by atoms with Gasteiger partial charge in [-0.25, -0.2) is 12.8 Å². The van der Waals surface area contributed by atoms with Crippen molar-refractivity contribution in [1.29, 1.82) is 0 Å². The maximum atomic E-state index is 13.5. The molecule has 0 amide bonds. The van der Waals surface area contributed by atoms with Gasteiger partial charge in [-0.3, -0.25) is 0 Å². The van der Waals surface area contributed by atoms with Gasteiger partial charge >= 0.3 is 0 Å². The molecule has 1 fully saturated rings. The van der Waals surface area contributed by atoms with Gasteiger partial charge < -0.3 is 10.5 Å². The number of ether oxygens (including phenoxy) is 1. The molecule has 21 heavy (non-hydrogen) atoms. The topological polar surface area (TPSA) is 72.6 Å². The lowest BCUT2D eigenvalue weighted by Crippen LogP contribution is -2.46. The Morgan fingerprint density at radius 1 is 1.48 bits per heavy atom. The molecule has 2 unspecified atom stereocenters. The molecule has 2 N–H and O–H groups in total. The summed E-state index contributed by atoms with van der Waals surface area (Å²) in [6.07, 6.45) is 0.617. The fourth-order valence-electron chi connectivity index (χ4n) is 2.55. The van der Waals surface area contributed by atoms with Gasteiger partial charge in [-0.05, 0) is 30.5 Å². The molecule has 1 saturated heterocycles. The van der Waals surface area contributed by atoms with E-state index in [1.165, 1.54) is 16.4 Å². The van der Waals surface area contributed by atoms with Crippen LogP contribution in [0, 0.1) is 11.7 Å². The van der Waals surface area contributed by atoms with Gasteiger partial charge in [0, 0.05) is 32.3 Å². The van der Waals surface area contributed by atoms with Gasteiger partial charge in [-0.15, -0.1) is 0 Å². The summed E-state index contributed by atoms with van der Waals surface area (Å²) in [5, 5.41) is 0. The van der Waals surface area contributed by atoms with E-state index in [1.807, 2.05) is 6.92 Å². The number of nitrogens with zero attached hydrogens (tertiary/aromatic N) is 1. The maximum Gasteiger partial charge on any atom is 0.243 e. The number of halogens is 1. The summed E-state index contributed by atoms with van der Waals surface area (Å²) in [4.78, 5) is 0.0776. The van der Waals surface area contributed by atoms with E-state index < -0.39 is 15.8 Å². The lowest BCUT2D eigenvalue weighted by Gasteiger charge is -2.35. The van der Waals surface area contributed by atoms with Crippen molar-refractivity contribution in [3.63, 3.8) is 0 Å². The van der Waals surface area contributed by atoms with Crippen molar-refractivity contribution in [2.45, 2.75) is 30.9 Å². The molecule has 118 valence electrons. The van der Waals surface area contributed by atoms with E-state index in [1.54, 1.807) is 7.11 Å². The normalized spacial score (nSPS) is 24.2. The Morgan fingerprint density at radius 2 is 2.19 bits per heavy atom. The Kier molecular flexibility index (Phi) is 4.98. The van der Waals surface area contributed by atoms with Crippen LogP contribution in [-0.4, -0.2) is 39.0 Å². The summed E-state index contributed by atoms with van der Waals surface area (Å²) in [6, 6.07) is 3.74. The minimum absolute atomic E-state index is 0.0348. The molecular weight excluding hydrogens is 295 g/mol. The van der Waals surface area contributed by atoms with E-state index in [9.17, 15) is 12.8 Å². The third-order valence-electron chi connectivity index (χ3n) is 4.03. The number of nitrogens with two attached hydrogens (primary N) is 1. The summed E-state index contributed by atoms with van der Waals surface area (Å²) in [5.74, 6) is -0.173. The van der Waals surface area contributed by atoms with Crippen LogP contribution in [0.25, 0.3) is 0 Å². The predicted molar refractivity (Wildman–Crippen MR) is 77.6 cm³/mol. The number of piperidine rings is 1. The molecule has 1 aromatic rings. The average molecular weight is 316 g/mol. The second kappa shape index (κ2) is 6.39. The summed E-state index contributed by atoms with van der Waals surface area (Å²) >= 11 is 0. The van der Waals surface area contributed by atoms with Gasteiger partial charge in [0.1, 0.15) is 5.82 Å². The molecule has 0 saturated carbocycles. The van der Waals surface area contributed by atoms with Crippen molar-refractivity contribution >= 4 is 10.0 Å². The number of hydrogen-bond donors (Lipinski definition) is 1. The molecule has 0 spiro atoms. The van der Waals surface area contributed by atoms with Gasteiger partial charge in [0.25, 0.3) is 0 Å². The van der Waals surface area contributed by atoms with E-state index in [4.69, 9.17) is 10.5 Å². The Hall–Kier alpha value is -1.02. The zero-order chi connectivity index (χ0) is 15.6. The second-order valence-corrected chi connectivity index (χ2v) is 7.30. The Morgan fingerprint density at radius 3 is 2.81 bits per heavy atom. The van der Waals surface area contributed by atoms with Gasteiger partial charge in [-0.1, -0.05) is 6.92 Å². The van der Waals surface area contributed by atoms with E-state index in [2.05, 4.69) is 0 Å². The summed E-state index contributed by atoms with van der Waals surface area (Å²) in [5.41, 5.74) is 5.63. The smallest absolute Gasteiger partial charge is 0.243 e. The molecule has 7 heteroatoms. The van der Waals surface area contributed by atoms with Crippen molar-refractivity contribution in [3.8, 4) is 0 Å². The third-order valence-corrected chi connectivity index (χ3v) is 5.89. The van der Waals surface area contributed by atoms with Crippen LogP contribution in [-0.2, 0) is 21.3 Å². The molecule has 0 aliphatic carbocycles. The molecule has 2 atom stereocenters. The van der Waals surface area contributed by atoms with Crippen LogP contribution in [0.5, 0.6) is 0 Å². The van der Waals surface area contributed by atoms with Crippen molar-refractivity contribution < 1.29 is 17.5 Å². The molecule has 1 aliphatic heterocycles. The Balaban J connectivity index is 2.30. The van der Waals surface area contributed by atoms with Crippen LogP contribution in [0.15, 0.2) is 23.1 Å². The largest absolute Gasteiger partial charge is 0.380 e. The van der Waals surface area contributed by atoms with E-state index in [0.717, 1.165) is 12.5 Å². The second-order valence-electron chi connectivity index (χ2n) is 5.36. The van der Waals surface area contributed by atoms with Crippen molar-refractivity contribution in [2.75, 3.05) is 20.2 Å². The highest BCUT2D eigenvalue weighted by molar-refractivity contribution is 7.89. The highest BCUT2D eigenvalue weighted by atomic mass is 32.2. The molecule has 1 aliphatic rings. The zero-order valence-corrected chi connectivity index (χ0v) is 13.1. The Bertz CT molecular complexity index is 606. The molecule has 2 rings (SSSR count). The lowest BCUT2D eigenvalue weighted by atomic mass is 9.97. The molecule has 5 nitrogen and oxygen atoms in total. The number of benzene rings is 1. The first-order chi connectivity index (χ1) is 9.90. The van der Waals surface area contributed by atoms with Crippen molar-refractivity contribution in [1.82, 2.24) is 4.31 Å².